The van der Waals surface area contributed by atoms with Crippen LogP contribution in [0.15, 0.2) is 69.7 Å². The van der Waals surface area contributed by atoms with Gasteiger partial charge in [0.05, 0.1) is 25.2 Å². The van der Waals surface area contributed by atoms with Crippen LogP contribution in [0.2, 0.25) is 0 Å². The van der Waals surface area contributed by atoms with Gasteiger partial charge in [0.1, 0.15) is 35.5 Å². The van der Waals surface area contributed by atoms with Crippen molar-refractivity contribution < 1.29 is 23.7 Å². The minimum absolute atomic E-state index is 0.0356. The van der Waals surface area contributed by atoms with E-state index < -0.39 is 11.9 Å². The summed E-state index contributed by atoms with van der Waals surface area (Å²) in [6.07, 6.45) is 0. The van der Waals surface area contributed by atoms with Crippen molar-refractivity contribution in [3.63, 3.8) is 0 Å². The number of rotatable bonds is 7. The second-order valence-electron chi connectivity index (χ2n) is 6.93. The lowest BCUT2D eigenvalue weighted by Gasteiger charge is -2.27. The number of halogens is 1. The fourth-order valence-corrected chi connectivity index (χ4v) is 3.74. The van der Waals surface area contributed by atoms with Gasteiger partial charge in [0.2, 0.25) is 5.88 Å². The number of nitrogens with zero attached hydrogens (tertiary/aromatic N) is 1. The van der Waals surface area contributed by atoms with E-state index in [0.29, 0.717) is 22.8 Å². The lowest BCUT2D eigenvalue weighted by molar-refractivity contribution is -0.139. The van der Waals surface area contributed by atoms with Gasteiger partial charge in [-0.3, -0.25) is 0 Å². The van der Waals surface area contributed by atoms with Gasteiger partial charge >= 0.3 is 5.97 Å². The lowest BCUT2D eigenvalue weighted by Crippen LogP contribution is -2.25. The van der Waals surface area contributed by atoms with Crippen LogP contribution in [0.1, 0.15) is 30.9 Å². The van der Waals surface area contributed by atoms with Crippen molar-refractivity contribution in [2.75, 3.05) is 13.7 Å². The van der Waals surface area contributed by atoms with Crippen LogP contribution in [-0.4, -0.2) is 19.7 Å². The number of carbonyl (C=O) groups excluding carboxylic acids is 1. The molecule has 0 aliphatic carbocycles. The van der Waals surface area contributed by atoms with Crippen molar-refractivity contribution >= 4 is 21.9 Å². The van der Waals surface area contributed by atoms with Crippen LogP contribution in [0.25, 0.3) is 0 Å². The maximum atomic E-state index is 12.7. The van der Waals surface area contributed by atoms with Crippen molar-refractivity contribution in [1.82, 2.24) is 0 Å². The van der Waals surface area contributed by atoms with Gasteiger partial charge in [-0.15, -0.1) is 0 Å². The summed E-state index contributed by atoms with van der Waals surface area (Å²) in [4.78, 5) is 12.7. The topological polar surface area (TPSA) is 104 Å². The molecule has 0 aromatic heterocycles. The molecule has 0 saturated carbocycles. The van der Waals surface area contributed by atoms with Crippen LogP contribution in [0, 0.1) is 11.3 Å². The average molecular weight is 499 g/mol. The third kappa shape index (κ3) is 4.89. The summed E-state index contributed by atoms with van der Waals surface area (Å²) >= 11 is 3.40. The van der Waals surface area contributed by atoms with Gasteiger partial charge in [-0.2, -0.15) is 5.26 Å². The first-order valence-corrected chi connectivity index (χ1v) is 10.7. The normalized spacial score (nSPS) is 15.7. The van der Waals surface area contributed by atoms with Gasteiger partial charge < -0.3 is 24.7 Å². The minimum Gasteiger partial charge on any atom is -0.496 e. The van der Waals surface area contributed by atoms with E-state index >= 15 is 0 Å². The molecule has 1 aliphatic heterocycles. The lowest BCUT2D eigenvalue weighted by atomic mass is 9.82. The molecule has 0 amide bonds. The van der Waals surface area contributed by atoms with Crippen LogP contribution in [0.4, 0.5) is 0 Å². The molecule has 166 valence electrons. The Hall–Kier alpha value is -3.44. The molecule has 0 bridgehead atoms. The van der Waals surface area contributed by atoms with E-state index in [1.165, 1.54) is 0 Å². The fourth-order valence-electron chi connectivity index (χ4n) is 3.47. The summed E-state index contributed by atoms with van der Waals surface area (Å²) in [6, 6.07) is 14.9. The van der Waals surface area contributed by atoms with Gasteiger partial charge in [0.25, 0.3) is 0 Å². The smallest absolute Gasteiger partial charge is 0.338 e. The molecule has 8 heteroatoms. The van der Waals surface area contributed by atoms with Gasteiger partial charge in [-0.05, 0) is 55.8 Å². The Morgan fingerprint density at radius 2 is 1.97 bits per heavy atom. The van der Waals surface area contributed by atoms with E-state index in [9.17, 15) is 10.1 Å². The predicted molar refractivity (Wildman–Crippen MR) is 121 cm³/mol. The van der Waals surface area contributed by atoms with Crippen LogP contribution in [0.5, 0.6) is 11.5 Å². The molecule has 32 heavy (non-hydrogen) atoms. The number of benzene rings is 2. The first-order valence-electron chi connectivity index (χ1n) is 9.90. The molecule has 0 spiro atoms. The highest BCUT2D eigenvalue weighted by Gasteiger charge is 2.36. The standard InChI is InChI=1S/C24H23BrN2O5/c1-4-30-24(28)21-14(2)32-23(27)19(12-26)22(21)15-5-10-20(29-3)16(11-15)13-31-18-8-6-17(25)7-9-18/h5-11,22H,4,13,27H2,1-3H3. The van der Waals surface area contributed by atoms with Gasteiger partial charge in [0.15, 0.2) is 0 Å². The Morgan fingerprint density at radius 3 is 2.59 bits per heavy atom. The highest BCUT2D eigenvalue weighted by molar-refractivity contribution is 9.10. The maximum absolute atomic E-state index is 12.7. The molecular formula is C24H23BrN2O5. The number of ether oxygens (including phenoxy) is 4. The number of nitriles is 1. The fraction of sp³-hybridized carbons (Fsp3) is 0.250. The van der Waals surface area contributed by atoms with E-state index in [-0.39, 0.29) is 30.2 Å². The van der Waals surface area contributed by atoms with E-state index in [1.807, 2.05) is 30.3 Å². The van der Waals surface area contributed by atoms with E-state index in [0.717, 1.165) is 10.0 Å². The van der Waals surface area contributed by atoms with Crippen molar-refractivity contribution in [2.24, 2.45) is 5.73 Å². The molecule has 1 unspecified atom stereocenters. The summed E-state index contributed by atoms with van der Waals surface area (Å²) in [5.74, 6) is 0.284. The maximum Gasteiger partial charge on any atom is 0.338 e. The molecule has 7 nitrogen and oxygen atoms in total. The summed E-state index contributed by atoms with van der Waals surface area (Å²) in [7, 11) is 1.57. The number of hydrogen-bond acceptors (Lipinski definition) is 7. The second kappa shape index (κ2) is 10.2. The average Bonchev–Trinajstić information content (AvgIpc) is 2.78. The van der Waals surface area contributed by atoms with E-state index in [4.69, 9.17) is 24.7 Å². The zero-order chi connectivity index (χ0) is 23.3. The summed E-state index contributed by atoms with van der Waals surface area (Å²) < 4.78 is 23.0. The molecular weight excluding hydrogens is 476 g/mol. The highest BCUT2D eigenvalue weighted by Crippen LogP contribution is 2.40. The molecule has 0 radical (unpaired) electrons. The number of carbonyl (C=O) groups is 1. The molecule has 1 heterocycles. The summed E-state index contributed by atoms with van der Waals surface area (Å²) in [6.45, 7) is 3.76. The molecule has 0 fully saturated rings. The molecule has 1 atom stereocenters. The van der Waals surface area contributed by atoms with Crippen molar-refractivity contribution in [1.29, 1.82) is 5.26 Å². The van der Waals surface area contributed by atoms with Gasteiger partial charge in [-0.25, -0.2) is 4.79 Å². The van der Waals surface area contributed by atoms with E-state index in [1.54, 1.807) is 33.1 Å². The quantitative estimate of drug-likeness (QED) is 0.552. The summed E-state index contributed by atoms with van der Waals surface area (Å²) in [5, 5.41) is 9.76. The van der Waals surface area contributed by atoms with Crippen LogP contribution in [0.3, 0.4) is 0 Å². The number of hydrogen-bond donors (Lipinski definition) is 1. The molecule has 2 N–H and O–H groups in total. The molecule has 0 saturated heterocycles. The Morgan fingerprint density at radius 1 is 1.25 bits per heavy atom. The highest BCUT2D eigenvalue weighted by atomic mass is 79.9. The third-order valence-electron chi connectivity index (χ3n) is 4.95. The minimum atomic E-state index is -0.731. The third-order valence-corrected chi connectivity index (χ3v) is 5.48. The number of esters is 1. The second-order valence-corrected chi connectivity index (χ2v) is 7.84. The largest absolute Gasteiger partial charge is 0.496 e. The molecule has 2 aromatic carbocycles. The Labute approximate surface area is 195 Å². The first-order chi connectivity index (χ1) is 15.4. The number of methoxy groups -OCH3 is 1. The SMILES string of the molecule is CCOC(=O)C1=C(C)OC(N)=C(C#N)C1c1ccc(OC)c(COc2ccc(Br)cc2)c1. The molecule has 1 aliphatic rings. The number of nitrogens with two attached hydrogens (primary N) is 1. The Balaban J connectivity index is 2.02. The first kappa shape index (κ1) is 23.2. The Kier molecular flexibility index (Phi) is 7.44. The van der Waals surface area contributed by atoms with E-state index in [2.05, 4.69) is 22.0 Å². The number of allylic oxidation sites excluding steroid dienone is 2. The van der Waals surface area contributed by atoms with Crippen LogP contribution < -0.4 is 15.2 Å². The molecule has 3 rings (SSSR count). The van der Waals surface area contributed by atoms with Gasteiger partial charge in [-0.1, -0.05) is 22.0 Å². The van der Waals surface area contributed by atoms with Crippen LogP contribution in [-0.2, 0) is 20.9 Å². The predicted octanol–water partition coefficient (Wildman–Crippen LogP) is 4.68. The van der Waals surface area contributed by atoms with Gasteiger partial charge in [0, 0.05) is 10.0 Å². The van der Waals surface area contributed by atoms with Crippen molar-refractivity contribution in [2.45, 2.75) is 26.4 Å². The molecule has 2 aromatic rings. The summed E-state index contributed by atoms with van der Waals surface area (Å²) in [5.41, 5.74) is 7.78. The Bertz CT molecular complexity index is 1120. The monoisotopic (exact) mass is 498 g/mol. The zero-order valence-electron chi connectivity index (χ0n) is 18.0. The van der Waals surface area contributed by atoms with Crippen LogP contribution >= 0.6 is 15.9 Å². The van der Waals surface area contributed by atoms with Crippen molar-refractivity contribution in [3.8, 4) is 17.6 Å². The van der Waals surface area contributed by atoms with Crippen molar-refractivity contribution in [3.05, 3.63) is 80.9 Å². The zero-order valence-corrected chi connectivity index (χ0v) is 19.6.